The van der Waals surface area contributed by atoms with Gasteiger partial charge in [-0.05, 0) is 0 Å². The van der Waals surface area contributed by atoms with E-state index in [4.69, 9.17) is 0 Å². The van der Waals surface area contributed by atoms with Crippen LogP contribution in [-0.4, -0.2) is 32.1 Å². The molecule has 0 fully saturated rings. The minimum absolute atomic E-state index is 0. The molecule has 0 saturated carbocycles. The van der Waals surface area contributed by atoms with Crippen LogP contribution in [-0.2, 0) is 0 Å². The Morgan fingerprint density at radius 1 is 0.818 bits per heavy atom. The molecule has 0 aliphatic rings. The number of rotatable bonds is 6. The Hall–Kier alpha value is 0.719. The minimum atomic E-state index is 0. The van der Waals surface area contributed by atoms with Crippen molar-refractivity contribution in [2.75, 3.05) is 0 Å². The van der Waals surface area contributed by atoms with E-state index in [9.17, 15) is 0 Å². The molecule has 0 rings (SSSR count). The summed E-state index contributed by atoms with van der Waals surface area (Å²) in [5.41, 5.74) is 0. The van der Waals surface area contributed by atoms with Crippen LogP contribution in [0.5, 0.6) is 0 Å². The average Bonchev–Trinajstić information content (AvgIpc) is 1.89. The second kappa shape index (κ2) is 17.0. The molecule has 0 aliphatic carbocycles. The van der Waals surface area contributed by atoms with Crippen LogP contribution < -0.4 is 0 Å². The third-order valence-corrected chi connectivity index (χ3v) is 5.45. The van der Waals surface area contributed by atoms with E-state index in [2.05, 4.69) is 13.8 Å². The van der Waals surface area contributed by atoms with Crippen molar-refractivity contribution in [1.29, 1.82) is 0 Å². The Balaban J connectivity index is -0.000000320. The van der Waals surface area contributed by atoms with Gasteiger partial charge in [0.05, 0.1) is 0 Å². The minimum Gasteiger partial charge on any atom is -0.412 e. The largest absolute Gasteiger partial charge is 0.412 e. The molecule has 0 atom stereocenters. The molecule has 0 aromatic carbocycles. The molecule has 0 aliphatic heterocycles. The van der Waals surface area contributed by atoms with Crippen molar-refractivity contribution in [3.05, 3.63) is 0 Å². The Labute approximate surface area is 80.6 Å². The standard InChI is InChI=1S/2C4H9.2H2O.Sn/c2*1-3-4-2;;;/h2*1,3-4H2,2H3;2*1H2;. The summed E-state index contributed by atoms with van der Waals surface area (Å²) < 4.78 is 3.25. The van der Waals surface area contributed by atoms with Gasteiger partial charge in [0.2, 0.25) is 0 Å². The van der Waals surface area contributed by atoms with Gasteiger partial charge in [-0.3, -0.25) is 0 Å². The maximum atomic E-state index is 2.29. The van der Waals surface area contributed by atoms with Gasteiger partial charge in [-0.2, -0.15) is 0 Å². The molecule has 0 heterocycles. The summed E-state index contributed by atoms with van der Waals surface area (Å²) in [5, 5.41) is 0. The van der Waals surface area contributed by atoms with Gasteiger partial charge < -0.3 is 11.0 Å². The average molecular weight is 269 g/mol. The number of unbranched alkanes of at least 4 members (excludes halogenated alkanes) is 2. The quantitative estimate of drug-likeness (QED) is 0.518. The van der Waals surface area contributed by atoms with Crippen molar-refractivity contribution >= 4 is 21.1 Å². The zero-order valence-electron chi connectivity index (χ0n) is 7.74. The molecule has 70 valence electrons. The van der Waals surface area contributed by atoms with Gasteiger partial charge in [0.1, 0.15) is 0 Å². The molecule has 2 radical (unpaired) electrons. The molecule has 0 unspecified atom stereocenters. The molecule has 0 aromatic rings. The summed E-state index contributed by atoms with van der Waals surface area (Å²) in [5.74, 6) is 0. The van der Waals surface area contributed by atoms with Gasteiger partial charge in [0.15, 0.2) is 0 Å². The first-order valence-electron chi connectivity index (χ1n) is 4.12. The number of hydrogen-bond donors (Lipinski definition) is 0. The molecule has 0 spiro atoms. The summed E-state index contributed by atoms with van der Waals surface area (Å²) in [7, 11) is 0. The van der Waals surface area contributed by atoms with Crippen molar-refractivity contribution in [2.45, 2.75) is 48.4 Å². The number of hydrogen-bond acceptors (Lipinski definition) is 0. The predicted molar refractivity (Wildman–Crippen MR) is 52.4 cm³/mol. The summed E-state index contributed by atoms with van der Waals surface area (Å²) in [6, 6.07) is 0. The molecule has 4 N–H and O–H groups in total. The Bertz CT molecular complexity index is 45.4. The summed E-state index contributed by atoms with van der Waals surface area (Å²) in [6.07, 6.45) is 5.84. The smallest absolute Gasteiger partial charge is 0.412 e. The van der Waals surface area contributed by atoms with E-state index in [0.717, 1.165) is 0 Å². The second-order valence-corrected chi connectivity index (χ2v) is 6.74. The van der Waals surface area contributed by atoms with Gasteiger partial charge in [0, 0.05) is 0 Å². The molecule has 3 heteroatoms. The Morgan fingerprint density at radius 2 is 1.18 bits per heavy atom. The van der Waals surface area contributed by atoms with Crippen LogP contribution in [0.25, 0.3) is 0 Å². The molecule has 0 saturated heterocycles. The fourth-order valence-corrected chi connectivity index (χ4v) is 4.89. The van der Waals surface area contributed by atoms with Crippen LogP contribution in [0, 0.1) is 0 Å². The third-order valence-electron chi connectivity index (χ3n) is 1.41. The van der Waals surface area contributed by atoms with E-state index in [1.165, 1.54) is 25.7 Å². The van der Waals surface area contributed by atoms with Crippen LogP contribution in [0.4, 0.5) is 0 Å². The van der Waals surface area contributed by atoms with Gasteiger partial charge in [-0.25, -0.2) is 0 Å². The second-order valence-electron chi connectivity index (χ2n) is 2.46. The van der Waals surface area contributed by atoms with Crippen molar-refractivity contribution in [2.24, 2.45) is 0 Å². The van der Waals surface area contributed by atoms with Gasteiger partial charge in [-0.15, -0.1) is 0 Å². The zero-order valence-corrected chi connectivity index (χ0v) is 10.6. The molecule has 0 amide bonds. The zero-order chi connectivity index (χ0) is 6.95. The van der Waals surface area contributed by atoms with Crippen molar-refractivity contribution in [3.63, 3.8) is 0 Å². The predicted octanol–water partition coefficient (Wildman–Crippen LogP) is 1.48. The first-order chi connectivity index (χ1) is 4.41. The van der Waals surface area contributed by atoms with E-state index in [1.807, 2.05) is 0 Å². The van der Waals surface area contributed by atoms with E-state index in [0.29, 0.717) is 0 Å². The van der Waals surface area contributed by atoms with E-state index < -0.39 is 0 Å². The summed E-state index contributed by atoms with van der Waals surface area (Å²) in [6.45, 7) is 4.58. The van der Waals surface area contributed by atoms with Crippen LogP contribution in [0.15, 0.2) is 0 Å². The van der Waals surface area contributed by atoms with Gasteiger partial charge in [0.25, 0.3) is 0 Å². The molecule has 0 bridgehead atoms. The molecule has 0 aromatic heterocycles. The summed E-state index contributed by atoms with van der Waals surface area (Å²) >= 11 is 0.149. The maximum Gasteiger partial charge on any atom is -0.412 e. The molecule has 2 nitrogen and oxygen atoms in total. The molecular formula is C8H22O2Sn. The Kier molecular flexibility index (Phi) is 27.4. The van der Waals surface area contributed by atoms with Crippen molar-refractivity contribution in [1.82, 2.24) is 0 Å². The summed E-state index contributed by atoms with van der Waals surface area (Å²) in [4.78, 5) is 0. The normalized spacial score (nSPS) is 8.18. The fraction of sp³-hybridized carbons (Fsp3) is 1.00. The topological polar surface area (TPSA) is 63.0 Å². The Morgan fingerprint density at radius 3 is 1.45 bits per heavy atom. The van der Waals surface area contributed by atoms with Crippen molar-refractivity contribution < 1.29 is 11.0 Å². The van der Waals surface area contributed by atoms with Crippen LogP contribution in [0.2, 0.25) is 8.87 Å². The first-order valence-corrected chi connectivity index (χ1v) is 8.16. The van der Waals surface area contributed by atoms with E-state index in [-0.39, 0.29) is 32.1 Å². The molecular weight excluding hydrogens is 247 g/mol. The van der Waals surface area contributed by atoms with E-state index in [1.54, 1.807) is 8.87 Å². The van der Waals surface area contributed by atoms with Crippen LogP contribution in [0.3, 0.4) is 0 Å². The van der Waals surface area contributed by atoms with Gasteiger partial charge >= 0.3 is 69.5 Å². The van der Waals surface area contributed by atoms with Crippen LogP contribution in [0.1, 0.15) is 39.5 Å². The molecule has 11 heavy (non-hydrogen) atoms. The monoisotopic (exact) mass is 270 g/mol. The first kappa shape index (κ1) is 17.7. The third kappa shape index (κ3) is 18.0. The van der Waals surface area contributed by atoms with Crippen molar-refractivity contribution in [3.8, 4) is 0 Å². The van der Waals surface area contributed by atoms with Gasteiger partial charge in [-0.1, -0.05) is 0 Å². The fourth-order valence-electron chi connectivity index (χ4n) is 0.729. The van der Waals surface area contributed by atoms with E-state index >= 15 is 0 Å². The SMILES string of the molecule is CCC[CH2][Sn][CH2]CCC.O.O. The maximum absolute atomic E-state index is 2.29. The van der Waals surface area contributed by atoms with Crippen LogP contribution >= 0.6 is 0 Å².